The van der Waals surface area contributed by atoms with Crippen LogP contribution in [-0.4, -0.2) is 4.98 Å². The van der Waals surface area contributed by atoms with E-state index in [1.807, 2.05) is 31.2 Å². The second kappa shape index (κ2) is 4.85. The third-order valence-corrected chi connectivity index (χ3v) is 2.85. The predicted molar refractivity (Wildman–Crippen MR) is 71.4 cm³/mol. The molecule has 4 heteroatoms. The highest BCUT2D eigenvalue weighted by Crippen LogP contribution is 2.26. The van der Waals surface area contributed by atoms with Crippen LogP contribution in [0.3, 0.4) is 0 Å². The fourth-order valence-electron chi connectivity index (χ4n) is 1.36. The Labute approximate surface area is 108 Å². The maximum Gasteiger partial charge on any atom is 0.0643 e. The van der Waals surface area contributed by atoms with Gasteiger partial charge in [0.15, 0.2) is 0 Å². The highest BCUT2D eigenvalue weighted by atomic mass is 79.9. The summed E-state index contributed by atoms with van der Waals surface area (Å²) in [5, 5.41) is 3.92. The first-order chi connectivity index (χ1) is 7.65. The number of hydrogen-bond acceptors (Lipinski definition) is 2. The lowest BCUT2D eigenvalue weighted by atomic mass is 10.2. The molecular formula is C12H10BrClN2. The average molecular weight is 298 g/mol. The molecule has 0 saturated carbocycles. The van der Waals surface area contributed by atoms with Crippen LogP contribution in [0.4, 0.5) is 11.4 Å². The van der Waals surface area contributed by atoms with Gasteiger partial charge in [0.05, 0.1) is 22.6 Å². The van der Waals surface area contributed by atoms with Gasteiger partial charge in [-0.25, -0.2) is 0 Å². The quantitative estimate of drug-likeness (QED) is 0.879. The van der Waals surface area contributed by atoms with Crippen molar-refractivity contribution in [1.29, 1.82) is 0 Å². The van der Waals surface area contributed by atoms with Crippen molar-refractivity contribution in [2.24, 2.45) is 0 Å². The molecule has 0 aliphatic heterocycles. The zero-order valence-corrected chi connectivity index (χ0v) is 11.0. The average Bonchev–Trinajstić information content (AvgIpc) is 2.22. The molecule has 1 aromatic carbocycles. The van der Waals surface area contributed by atoms with E-state index in [1.54, 1.807) is 12.4 Å². The highest BCUT2D eigenvalue weighted by molar-refractivity contribution is 9.10. The number of aromatic nitrogens is 1. The number of rotatable bonds is 2. The predicted octanol–water partition coefficient (Wildman–Crippen LogP) is 4.55. The van der Waals surface area contributed by atoms with Gasteiger partial charge in [0.25, 0.3) is 0 Å². The van der Waals surface area contributed by atoms with E-state index in [1.165, 1.54) is 0 Å². The van der Waals surface area contributed by atoms with Crippen molar-refractivity contribution >= 4 is 38.9 Å². The molecule has 82 valence electrons. The van der Waals surface area contributed by atoms with Crippen LogP contribution in [0.15, 0.2) is 41.1 Å². The van der Waals surface area contributed by atoms with E-state index < -0.39 is 0 Å². The summed E-state index contributed by atoms with van der Waals surface area (Å²) in [7, 11) is 0. The van der Waals surface area contributed by atoms with Gasteiger partial charge in [-0.15, -0.1) is 0 Å². The Morgan fingerprint density at radius 1 is 1.25 bits per heavy atom. The van der Waals surface area contributed by atoms with Crippen LogP contribution < -0.4 is 5.32 Å². The lowest BCUT2D eigenvalue weighted by molar-refractivity contribution is 1.30. The SMILES string of the molecule is Cc1ccc(Nc2cncc(Br)c2)c(Cl)c1. The second-order valence-corrected chi connectivity index (χ2v) is 4.82. The Balaban J connectivity index is 2.27. The van der Waals surface area contributed by atoms with E-state index in [2.05, 4.69) is 26.2 Å². The normalized spacial score (nSPS) is 10.2. The number of benzene rings is 1. The first-order valence-electron chi connectivity index (χ1n) is 4.79. The summed E-state index contributed by atoms with van der Waals surface area (Å²) in [6.45, 7) is 2.01. The summed E-state index contributed by atoms with van der Waals surface area (Å²) in [5.74, 6) is 0. The molecule has 0 spiro atoms. The number of halogens is 2. The van der Waals surface area contributed by atoms with Crippen molar-refractivity contribution in [3.05, 3.63) is 51.7 Å². The van der Waals surface area contributed by atoms with Crippen molar-refractivity contribution < 1.29 is 0 Å². The van der Waals surface area contributed by atoms with Crippen molar-refractivity contribution in [1.82, 2.24) is 4.98 Å². The van der Waals surface area contributed by atoms with Gasteiger partial charge in [0.2, 0.25) is 0 Å². The minimum absolute atomic E-state index is 0.708. The fraction of sp³-hybridized carbons (Fsp3) is 0.0833. The van der Waals surface area contributed by atoms with Crippen LogP contribution in [0.5, 0.6) is 0 Å². The van der Waals surface area contributed by atoms with Crippen LogP contribution in [0.2, 0.25) is 5.02 Å². The smallest absolute Gasteiger partial charge is 0.0643 e. The maximum atomic E-state index is 6.12. The van der Waals surface area contributed by atoms with E-state index in [0.717, 1.165) is 21.4 Å². The monoisotopic (exact) mass is 296 g/mol. The minimum atomic E-state index is 0.708. The molecule has 1 N–H and O–H groups in total. The molecule has 0 amide bonds. The first kappa shape index (κ1) is 11.4. The molecule has 0 bridgehead atoms. The van der Waals surface area contributed by atoms with Crippen molar-refractivity contribution in [2.45, 2.75) is 6.92 Å². The van der Waals surface area contributed by atoms with Crippen LogP contribution >= 0.6 is 27.5 Å². The molecule has 2 aromatic rings. The maximum absolute atomic E-state index is 6.12. The molecule has 1 heterocycles. The molecule has 0 unspecified atom stereocenters. The number of nitrogens with one attached hydrogen (secondary N) is 1. The van der Waals surface area contributed by atoms with Gasteiger partial charge < -0.3 is 5.32 Å². The van der Waals surface area contributed by atoms with E-state index in [-0.39, 0.29) is 0 Å². The third-order valence-electron chi connectivity index (χ3n) is 2.11. The molecule has 0 radical (unpaired) electrons. The molecular weight excluding hydrogens is 288 g/mol. The third kappa shape index (κ3) is 2.74. The lowest BCUT2D eigenvalue weighted by Crippen LogP contribution is -1.92. The van der Waals surface area contributed by atoms with Gasteiger partial charge in [-0.3, -0.25) is 4.98 Å². The van der Waals surface area contributed by atoms with Gasteiger partial charge in [0, 0.05) is 10.7 Å². The molecule has 2 rings (SSSR count). The molecule has 0 saturated heterocycles. The number of anilines is 2. The molecule has 0 aliphatic rings. The van der Waals surface area contributed by atoms with Crippen LogP contribution in [-0.2, 0) is 0 Å². The summed E-state index contributed by atoms with van der Waals surface area (Å²) in [4.78, 5) is 4.08. The molecule has 1 aromatic heterocycles. The Morgan fingerprint density at radius 3 is 2.75 bits per heavy atom. The number of aryl methyl sites for hydroxylation is 1. The van der Waals surface area contributed by atoms with Gasteiger partial charge >= 0.3 is 0 Å². The van der Waals surface area contributed by atoms with Gasteiger partial charge in [-0.2, -0.15) is 0 Å². The van der Waals surface area contributed by atoms with Crippen molar-refractivity contribution in [3.63, 3.8) is 0 Å². The van der Waals surface area contributed by atoms with Crippen molar-refractivity contribution in [2.75, 3.05) is 5.32 Å². The Hall–Kier alpha value is -1.06. The van der Waals surface area contributed by atoms with E-state index in [0.29, 0.717) is 5.02 Å². The Bertz CT molecular complexity index is 514. The van der Waals surface area contributed by atoms with Gasteiger partial charge in [-0.1, -0.05) is 17.7 Å². The molecule has 0 fully saturated rings. The lowest BCUT2D eigenvalue weighted by Gasteiger charge is -2.08. The summed E-state index contributed by atoms with van der Waals surface area (Å²) in [6, 6.07) is 7.84. The summed E-state index contributed by atoms with van der Waals surface area (Å²) < 4.78 is 0.931. The number of pyridine rings is 1. The minimum Gasteiger partial charge on any atom is -0.353 e. The zero-order chi connectivity index (χ0) is 11.5. The van der Waals surface area contributed by atoms with Crippen LogP contribution in [0.25, 0.3) is 0 Å². The van der Waals surface area contributed by atoms with E-state index in [4.69, 9.17) is 11.6 Å². The summed E-state index contributed by atoms with van der Waals surface area (Å²) in [5.41, 5.74) is 2.93. The van der Waals surface area contributed by atoms with E-state index in [9.17, 15) is 0 Å². The standard InChI is InChI=1S/C12H10BrClN2/c1-8-2-3-12(11(14)4-8)16-10-5-9(13)6-15-7-10/h2-7,16H,1H3. The number of hydrogen-bond donors (Lipinski definition) is 1. The first-order valence-corrected chi connectivity index (χ1v) is 5.96. The fourth-order valence-corrected chi connectivity index (χ4v) is 2.00. The Morgan fingerprint density at radius 2 is 2.06 bits per heavy atom. The zero-order valence-electron chi connectivity index (χ0n) is 8.67. The summed E-state index contributed by atoms with van der Waals surface area (Å²) >= 11 is 9.49. The largest absolute Gasteiger partial charge is 0.353 e. The topological polar surface area (TPSA) is 24.9 Å². The Kier molecular flexibility index (Phi) is 3.46. The molecule has 16 heavy (non-hydrogen) atoms. The van der Waals surface area contributed by atoms with E-state index >= 15 is 0 Å². The molecule has 0 aliphatic carbocycles. The van der Waals surface area contributed by atoms with Crippen LogP contribution in [0.1, 0.15) is 5.56 Å². The highest BCUT2D eigenvalue weighted by Gasteiger charge is 2.01. The second-order valence-electron chi connectivity index (χ2n) is 3.50. The number of nitrogens with zero attached hydrogens (tertiary/aromatic N) is 1. The van der Waals surface area contributed by atoms with Crippen molar-refractivity contribution in [3.8, 4) is 0 Å². The molecule has 2 nitrogen and oxygen atoms in total. The van der Waals surface area contributed by atoms with Gasteiger partial charge in [-0.05, 0) is 46.6 Å². The molecule has 0 atom stereocenters. The van der Waals surface area contributed by atoms with Crippen LogP contribution in [0, 0.1) is 6.92 Å². The van der Waals surface area contributed by atoms with Gasteiger partial charge in [0.1, 0.15) is 0 Å². The summed E-state index contributed by atoms with van der Waals surface area (Å²) in [6.07, 6.45) is 3.49.